The number of fused-ring (bicyclic) bond motifs is 1. The molecule has 3 rings (SSSR count). The fourth-order valence-corrected chi connectivity index (χ4v) is 4.27. The maximum atomic E-state index is 12.8. The van der Waals surface area contributed by atoms with E-state index in [1.165, 1.54) is 15.9 Å². The highest BCUT2D eigenvalue weighted by Gasteiger charge is 2.29. The lowest BCUT2D eigenvalue weighted by Gasteiger charge is -2.30. The number of likely N-dealkylation sites (tertiary alicyclic amines) is 1. The molecule has 0 radical (unpaired) electrons. The molecule has 0 aliphatic carbocycles. The lowest BCUT2D eigenvalue weighted by Crippen LogP contribution is -2.41. The molecular formula is C16H20N4O3S. The van der Waals surface area contributed by atoms with Crippen molar-refractivity contribution in [3.05, 3.63) is 26.6 Å². The van der Waals surface area contributed by atoms with Gasteiger partial charge in [0.25, 0.3) is 11.5 Å². The molecule has 0 atom stereocenters. The summed E-state index contributed by atoms with van der Waals surface area (Å²) in [6.07, 6.45) is 1.17. The second kappa shape index (κ2) is 6.01. The van der Waals surface area contributed by atoms with Crippen LogP contribution in [0.2, 0.25) is 0 Å². The lowest BCUT2D eigenvalue weighted by molar-refractivity contribution is -0.123. The average molecular weight is 348 g/mol. The van der Waals surface area contributed by atoms with Crippen molar-refractivity contribution in [2.24, 2.45) is 18.7 Å². The molecule has 7 nitrogen and oxygen atoms in total. The Kier molecular flexibility index (Phi) is 4.16. The summed E-state index contributed by atoms with van der Waals surface area (Å²) < 4.78 is 1.49. The van der Waals surface area contributed by atoms with Crippen LogP contribution in [0.25, 0.3) is 10.2 Å². The Morgan fingerprint density at radius 1 is 1.25 bits per heavy atom. The minimum atomic E-state index is -0.302. The first-order valence-corrected chi connectivity index (χ1v) is 8.68. The lowest BCUT2D eigenvalue weighted by atomic mass is 9.96. The number of hydrogen-bond acceptors (Lipinski definition) is 5. The third-order valence-electron chi connectivity index (χ3n) is 4.77. The summed E-state index contributed by atoms with van der Waals surface area (Å²) in [4.78, 5) is 43.8. The first-order valence-electron chi connectivity index (χ1n) is 7.86. The molecule has 2 aromatic rings. The van der Waals surface area contributed by atoms with E-state index in [1.807, 2.05) is 0 Å². The van der Waals surface area contributed by atoms with E-state index in [0.717, 1.165) is 0 Å². The molecule has 128 valence electrons. The van der Waals surface area contributed by atoms with E-state index < -0.39 is 0 Å². The molecule has 1 aliphatic heterocycles. The molecule has 8 heteroatoms. The summed E-state index contributed by atoms with van der Waals surface area (Å²) in [6, 6.07) is 0. The largest absolute Gasteiger partial charge is 0.369 e. The molecule has 3 heterocycles. The highest BCUT2D eigenvalue weighted by atomic mass is 32.1. The van der Waals surface area contributed by atoms with Crippen LogP contribution in [0.1, 0.15) is 33.9 Å². The van der Waals surface area contributed by atoms with Crippen molar-refractivity contribution >= 4 is 33.4 Å². The first-order chi connectivity index (χ1) is 11.3. The quantitative estimate of drug-likeness (QED) is 0.873. The van der Waals surface area contributed by atoms with Gasteiger partial charge in [-0.3, -0.25) is 19.0 Å². The number of hydrogen-bond donors (Lipinski definition) is 1. The molecule has 0 spiro atoms. The molecule has 2 amide bonds. The molecule has 0 unspecified atom stereocenters. The monoisotopic (exact) mass is 348 g/mol. The Hall–Kier alpha value is -2.22. The molecule has 1 aliphatic rings. The molecule has 0 saturated carbocycles. The number of carbonyl (C=O) groups excluding carboxylic acids is 2. The summed E-state index contributed by atoms with van der Waals surface area (Å²) >= 11 is 1.26. The summed E-state index contributed by atoms with van der Waals surface area (Å²) in [5.41, 5.74) is 5.89. The van der Waals surface area contributed by atoms with Gasteiger partial charge in [0.2, 0.25) is 5.91 Å². The Morgan fingerprint density at radius 2 is 1.88 bits per heavy atom. The molecule has 2 aromatic heterocycles. The smallest absolute Gasteiger partial charge is 0.264 e. The summed E-state index contributed by atoms with van der Waals surface area (Å²) in [6.45, 7) is 4.57. The van der Waals surface area contributed by atoms with Crippen molar-refractivity contribution in [1.29, 1.82) is 0 Å². The maximum absolute atomic E-state index is 12.8. The second-order valence-corrected chi connectivity index (χ2v) is 7.23. The molecular weight excluding hydrogens is 328 g/mol. The number of carbonyl (C=O) groups is 2. The number of nitrogens with zero attached hydrogens (tertiary/aromatic N) is 3. The zero-order valence-corrected chi connectivity index (χ0v) is 14.8. The highest BCUT2D eigenvalue weighted by Crippen LogP contribution is 2.29. The Balaban J connectivity index is 1.94. The van der Waals surface area contributed by atoms with Crippen LogP contribution in [0.15, 0.2) is 4.79 Å². The fraction of sp³-hybridized carbons (Fsp3) is 0.500. The molecule has 24 heavy (non-hydrogen) atoms. The van der Waals surface area contributed by atoms with Gasteiger partial charge in [-0.15, -0.1) is 11.3 Å². The van der Waals surface area contributed by atoms with E-state index in [9.17, 15) is 14.4 Å². The number of primary amides is 1. The van der Waals surface area contributed by atoms with Crippen LogP contribution >= 0.6 is 11.3 Å². The second-order valence-electron chi connectivity index (χ2n) is 6.23. The number of aromatic nitrogens is 2. The topological polar surface area (TPSA) is 98.3 Å². The Labute approximate surface area is 143 Å². The van der Waals surface area contributed by atoms with Gasteiger partial charge in [-0.25, -0.2) is 4.98 Å². The van der Waals surface area contributed by atoms with Crippen LogP contribution in [0, 0.1) is 19.8 Å². The van der Waals surface area contributed by atoms with Gasteiger partial charge in [0.15, 0.2) is 0 Å². The van der Waals surface area contributed by atoms with Gasteiger partial charge in [-0.2, -0.15) is 0 Å². The van der Waals surface area contributed by atoms with Gasteiger partial charge < -0.3 is 10.6 Å². The van der Waals surface area contributed by atoms with Crippen molar-refractivity contribution < 1.29 is 9.59 Å². The summed E-state index contributed by atoms with van der Waals surface area (Å²) in [5.74, 6) is 0.0608. The molecule has 1 saturated heterocycles. The molecule has 2 N–H and O–H groups in total. The van der Waals surface area contributed by atoms with E-state index in [0.29, 0.717) is 52.4 Å². The minimum Gasteiger partial charge on any atom is -0.369 e. The Bertz CT molecular complexity index is 891. The van der Waals surface area contributed by atoms with Gasteiger partial charge in [0, 0.05) is 26.1 Å². The summed E-state index contributed by atoms with van der Waals surface area (Å²) in [5, 5.41) is 0.517. The zero-order valence-electron chi connectivity index (χ0n) is 14.0. The number of aryl methyl sites for hydroxylation is 2. The number of thiophene rings is 1. The third kappa shape index (κ3) is 2.60. The van der Waals surface area contributed by atoms with Gasteiger partial charge in [-0.05, 0) is 32.3 Å². The van der Waals surface area contributed by atoms with Crippen molar-refractivity contribution in [2.45, 2.75) is 26.7 Å². The number of amides is 2. The van der Waals surface area contributed by atoms with Gasteiger partial charge >= 0.3 is 0 Å². The van der Waals surface area contributed by atoms with Crippen LogP contribution in [0.5, 0.6) is 0 Å². The van der Waals surface area contributed by atoms with E-state index >= 15 is 0 Å². The van der Waals surface area contributed by atoms with E-state index in [-0.39, 0.29) is 23.3 Å². The van der Waals surface area contributed by atoms with Crippen LogP contribution < -0.4 is 11.3 Å². The standard InChI is InChI=1S/C16H20N4O3S/c1-8-11-14(18-9(2)19(3)15(11)22)24-12(8)16(23)20-6-4-10(5-7-20)13(17)21/h10H,4-7H2,1-3H3,(H2,17,21). The van der Waals surface area contributed by atoms with Crippen LogP contribution in [-0.2, 0) is 11.8 Å². The van der Waals surface area contributed by atoms with Crippen LogP contribution in [-0.4, -0.2) is 39.4 Å². The van der Waals surface area contributed by atoms with E-state index in [2.05, 4.69) is 4.98 Å². The van der Waals surface area contributed by atoms with Crippen LogP contribution in [0.3, 0.4) is 0 Å². The Morgan fingerprint density at radius 3 is 2.46 bits per heavy atom. The van der Waals surface area contributed by atoms with Crippen molar-refractivity contribution in [3.63, 3.8) is 0 Å². The SMILES string of the molecule is Cc1c(C(=O)N2CCC(C(N)=O)CC2)sc2nc(C)n(C)c(=O)c12. The van der Waals surface area contributed by atoms with Gasteiger partial charge in [0.05, 0.1) is 10.3 Å². The maximum Gasteiger partial charge on any atom is 0.264 e. The van der Waals surface area contributed by atoms with E-state index in [1.54, 1.807) is 25.8 Å². The summed E-state index contributed by atoms with van der Waals surface area (Å²) in [7, 11) is 1.68. The highest BCUT2D eigenvalue weighted by molar-refractivity contribution is 7.20. The number of piperidine rings is 1. The van der Waals surface area contributed by atoms with Crippen molar-refractivity contribution in [2.75, 3.05) is 13.1 Å². The fourth-order valence-electron chi connectivity index (χ4n) is 3.08. The minimum absolute atomic E-state index is 0.0990. The predicted molar refractivity (Wildman–Crippen MR) is 92.2 cm³/mol. The normalized spacial score (nSPS) is 15.9. The average Bonchev–Trinajstić information content (AvgIpc) is 2.88. The van der Waals surface area contributed by atoms with Gasteiger partial charge in [0.1, 0.15) is 10.7 Å². The molecule has 0 bridgehead atoms. The molecule has 1 fully saturated rings. The predicted octanol–water partition coefficient (Wildman–Crippen LogP) is 0.949. The van der Waals surface area contributed by atoms with Crippen LogP contribution in [0.4, 0.5) is 0 Å². The van der Waals surface area contributed by atoms with Gasteiger partial charge in [-0.1, -0.05) is 0 Å². The number of rotatable bonds is 2. The van der Waals surface area contributed by atoms with Crippen molar-refractivity contribution in [3.8, 4) is 0 Å². The number of nitrogens with two attached hydrogens (primary N) is 1. The van der Waals surface area contributed by atoms with E-state index in [4.69, 9.17) is 5.73 Å². The third-order valence-corrected chi connectivity index (χ3v) is 5.95. The van der Waals surface area contributed by atoms with Crippen molar-refractivity contribution in [1.82, 2.24) is 14.5 Å². The zero-order chi connectivity index (χ0) is 17.6. The first kappa shape index (κ1) is 16.6. The molecule has 0 aromatic carbocycles.